The first-order chi connectivity index (χ1) is 5.24. The predicted octanol–water partition coefficient (Wildman–Crippen LogP) is 1.07. The summed E-state index contributed by atoms with van der Waals surface area (Å²) in [4.78, 5) is 14.9. The lowest BCUT2D eigenvalue weighted by atomic mass is 10.4. The Bertz CT molecular complexity index is 257. The lowest BCUT2D eigenvalue weighted by Crippen LogP contribution is -2.05. The Kier molecular flexibility index (Phi) is 2.73. The molecule has 1 aromatic heterocycles. The molecule has 0 saturated heterocycles. The molecular formula is C7H10N2OS. The van der Waals surface area contributed by atoms with Gasteiger partial charge in [-0.2, -0.15) is 0 Å². The van der Waals surface area contributed by atoms with Crippen molar-refractivity contribution in [2.45, 2.75) is 13.5 Å². The van der Waals surface area contributed by atoms with Gasteiger partial charge < -0.3 is 5.32 Å². The lowest BCUT2D eigenvalue weighted by Gasteiger charge is -1.89. The second kappa shape index (κ2) is 3.59. The van der Waals surface area contributed by atoms with Gasteiger partial charge in [0.25, 0.3) is 0 Å². The molecule has 0 aliphatic rings. The summed E-state index contributed by atoms with van der Waals surface area (Å²) in [7, 11) is 1.85. The van der Waals surface area contributed by atoms with Gasteiger partial charge >= 0.3 is 0 Å². The van der Waals surface area contributed by atoms with Gasteiger partial charge in [-0.05, 0) is 7.05 Å². The molecule has 4 heteroatoms. The van der Waals surface area contributed by atoms with Crippen molar-refractivity contribution >= 4 is 17.1 Å². The number of carbonyl (C=O) groups excluding carboxylic acids is 1. The fourth-order valence-electron chi connectivity index (χ4n) is 0.731. The molecule has 1 heterocycles. The average Bonchev–Trinajstić information content (AvgIpc) is 2.37. The van der Waals surface area contributed by atoms with E-state index in [9.17, 15) is 4.79 Å². The number of rotatable bonds is 3. The second-order valence-corrected chi connectivity index (χ2v) is 3.09. The molecule has 0 aliphatic carbocycles. The highest BCUT2D eigenvalue weighted by molar-refractivity contribution is 7.11. The Balaban J connectivity index is 2.73. The Hall–Kier alpha value is -0.740. The highest BCUT2D eigenvalue weighted by atomic mass is 32.1. The number of thiazole rings is 1. The maximum Gasteiger partial charge on any atom is 0.188 e. The van der Waals surface area contributed by atoms with Crippen LogP contribution in [-0.4, -0.2) is 17.8 Å². The van der Waals surface area contributed by atoms with E-state index in [1.807, 2.05) is 12.4 Å². The average molecular weight is 170 g/mol. The van der Waals surface area contributed by atoms with E-state index < -0.39 is 0 Å². The minimum absolute atomic E-state index is 0.0392. The first-order valence-electron chi connectivity index (χ1n) is 3.34. The molecule has 0 spiro atoms. The number of hydrogen-bond donors (Lipinski definition) is 1. The normalized spacial score (nSPS) is 10.0. The molecule has 0 fully saturated rings. The molecule has 11 heavy (non-hydrogen) atoms. The summed E-state index contributed by atoms with van der Waals surface area (Å²) < 4.78 is 0. The molecule has 0 atom stereocenters. The molecule has 0 saturated carbocycles. The third kappa shape index (κ3) is 2.10. The number of carbonyl (C=O) groups is 1. The first kappa shape index (κ1) is 8.36. The summed E-state index contributed by atoms with van der Waals surface area (Å²) in [5.74, 6) is 0.0392. The number of ketones is 1. The standard InChI is InChI=1S/C7H10N2OS/c1-5(10)7-9-6(3-8-2)4-11-7/h4,8H,3H2,1-2H3. The second-order valence-electron chi connectivity index (χ2n) is 2.23. The maximum atomic E-state index is 10.8. The topological polar surface area (TPSA) is 42.0 Å². The van der Waals surface area contributed by atoms with Crippen LogP contribution >= 0.6 is 11.3 Å². The van der Waals surface area contributed by atoms with E-state index in [0.717, 1.165) is 12.2 Å². The third-order valence-electron chi connectivity index (χ3n) is 1.21. The van der Waals surface area contributed by atoms with E-state index in [4.69, 9.17) is 0 Å². The summed E-state index contributed by atoms with van der Waals surface area (Å²) in [6.07, 6.45) is 0. The molecule has 0 bridgehead atoms. The molecule has 0 radical (unpaired) electrons. The van der Waals surface area contributed by atoms with Crippen LogP contribution in [0.1, 0.15) is 22.4 Å². The minimum Gasteiger partial charge on any atom is -0.314 e. The van der Waals surface area contributed by atoms with Gasteiger partial charge in [-0.15, -0.1) is 11.3 Å². The molecule has 60 valence electrons. The zero-order valence-electron chi connectivity index (χ0n) is 6.55. The summed E-state index contributed by atoms with van der Waals surface area (Å²) in [5, 5.41) is 5.46. The highest BCUT2D eigenvalue weighted by Crippen LogP contribution is 2.09. The zero-order valence-corrected chi connectivity index (χ0v) is 7.36. The summed E-state index contributed by atoms with van der Waals surface area (Å²) in [6.45, 7) is 2.26. The van der Waals surface area contributed by atoms with Gasteiger partial charge in [-0.3, -0.25) is 4.79 Å². The van der Waals surface area contributed by atoms with Crippen LogP contribution in [0.2, 0.25) is 0 Å². The van der Waals surface area contributed by atoms with Crippen molar-refractivity contribution in [3.8, 4) is 0 Å². The van der Waals surface area contributed by atoms with Gasteiger partial charge in [0.2, 0.25) is 0 Å². The molecule has 3 nitrogen and oxygen atoms in total. The number of nitrogens with zero attached hydrogens (tertiary/aromatic N) is 1. The first-order valence-corrected chi connectivity index (χ1v) is 4.22. The monoisotopic (exact) mass is 170 g/mol. The van der Waals surface area contributed by atoms with Crippen LogP contribution in [0.5, 0.6) is 0 Å². The molecular weight excluding hydrogens is 160 g/mol. The number of Topliss-reactive ketones (excluding diaryl/α,β-unsaturated/α-hetero) is 1. The van der Waals surface area contributed by atoms with Crippen LogP contribution in [0.3, 0.4) is 0 Å². The zero-order chi connectivity index (χ0) is 8.27. The smallest absolute Gasteiger partial charge is 0.188 e. The lowest BCUT2D eigenvalue weighted by molar-refractivity contribution is 0.101. The third-order valence-corrected chi connectivity index (χ3v) is 2.20. The summed E-state index contributed by atoms with van der Waals surface area (Å²) in [5.41, 5.74) is 0.933. The highest BCUT2D eigenvalue weighted by Gasteiger charge is 2.04. The number of aromatic nitrogens is 1. The van der Waals surface area contributed by atoms with Gasteiger partial charge in [0.05, 0.1) is 5.69 Å². The predicted molar refractivity (Wildman–Crippen MR) is 44.9 cm³/mol. The quantitative estimate of drug-likeness (QED) is 0.690. The summed E-state index contributed by atoms with van der Waals surface area (Å²) >= 11 is 1.40. The van der Waals surface area contributed by atoms with Crippen LogP contribution in [0.25, 0.3) is 0 Å². The van der Waals surface area contributed by atoms with E-state index in [1.165, 1.54) is 18.3 Å². The molecule has 1 aromatic rings. The van der Waals surface area contributed by atoms with Crippen LogP contribution in [-0.2, 0) is 6.54 Å². The Morgan fingerprint density at radius 3 is 3.00 bits per heavy atom. The SMILES string of the molecule is CNCc1csc(C(C)=O)n1. The van der Waals surface area contributed by atoms with Crippen molar-refractivity contribution in [2.24, 2.45) is 0 Å². The van der Waals surface area contributed by atoms with Gasteiger partial charge in [0.1, 0.15) is 0 Å². The van der Waals surface area contributed by atoms with Gasteiger partial charge in [0.15, 0.2) is 10.8 Å². The van der Waals surface area contributed by atoms with E-state index in [0.29, 0.717) is 5.01 Å². The van der Waals surface area contributed by atoms with Crippen molar-refractivity contribution in [3.63, 3.8) is 0 Å². The van der Waals surface area contributed by atoms with Crippen molar-refractivity contribution in [3.05, 3.63) is 16.1 Å². The van der Waals surface area contributed by atoms with Gasteiger partial charge in [-0.1, -0.05) is 0 Å². The maximum absolute atomic E-state index is 10.8. The molecule has 0 aliphatic heterocycles. The van der Waals surface area contributed by atoms with E-state index >= 15 is 0 Å². The van der Waals surface area contributed by atoms with Crippen molar-refractivity contribution in [1.82, 2.24) is 10.3 Å². The molecule has 0 aromatic carbocycles. The minimum atomic E-state index is 0.0392. The Morgan fingerprint density at radius 2 is 2.55 bits per heavy atom. The van der Waals surface area contributed by atoms with E-state index in [2.05, 4.69) is 10.3 Å². The largest absolute Gasteiger partial charge is 0.314 e. The van der Waals surface area contributed by atoms with Crippen molar-refractivity contribution < 1.29 is 4.79 Å². The molecule has 0 unspecified atom stereocenters. The van der Waals surface area contributed by atoms with Crippen LogP contribution in [0.4, 0.5) is 0 Å². The number of nitrogens with one attached hydrogen (secondary N) is 1. The summed E-state index contributed by atoms with van der Waals surface area (Å²) in [6, 6.07) is 0. The fraction of sp³-hybridized carbons (Fsp3) is 0.429. The van der Waals surface area contributed by atoms with Crippen molar-refractivity contribution in [1.29, 1.82) is 0 Å². The molecule has 0 amide bonds. The molecule has 1 N–H and O–H groups in total. The molecule has 1 rings (SSSR count). The van der Waals surface area contributed by atoms with Crippen LogP contribution in [0.15, 0.2) is 5.38 Å². The van der Waals surface area contributed by atoms with Crippen LogP contribution < -0.4 is 5.32 Å². The van der Waals surface area contributed by atoms with E-state index in [1.54, 1.807) is 0 Å². The van der Waals surface area contributed by atoms with Gasteiger partial charge in [-0.25, -0.2) is 4.98 Å². The van der Waals surface area contributed by atoms with Gasteiger partial charge in [0, 0.05) is 18.8 Å². The Labute approximate surface area is 69.5 Å². The Morgan fingerprint density at radius 1 is 1.82 bits per heavy atom. The van der Waals surface area contributed by atoms with Crippen LogP contribution in [0, 0.1) is 0 Å². The fourth-order valence-corrected chi connectivity index (χ4v) is 1.45. The number of hydrogen-bond acceptors (Lipinski definition) is 4. The van der Waals surface area contributed by atoms with Crippen molar-refractivity contribution in [2.75, 3.05) is 7.05 Å². The van der Waals surface area contributed by atoms with E-state index in [-0.39, 0.29) is 5.78 Å².